The van der Waals surface area contributed by atoms with E-state index >= 15 is 0 Å². The SMILES string of the molecule is COc1cc(C)c(S(=O)(=O)N2CCC[C@H]2COc2ccnc(N3CCCC3Cc3ncccn3)n2)c(C)c1. The van der Waals surface area contributed by atoms with Crippen molar-refractivity contribution in [3.05, 3.63) is 59.8 Å². The molecule has 4 heterocycles. The molecule has 2 aliphatic rings. The molecule has 1 aromatic carbocycles. The van der Waals surface area contributed by atoms with Gasteiger partial charge in [-0.25, -0.2) is 23.4 Å². The van der Waals surface area contributed by atoms with Crippen molar-refractivity contribution >= 4 is 16.0 Å². The second-order valence-electron chi connectivity index (χ2n) is 9.87. The minimum atomic E-state index is -3.69. The van der Waals surface area contributed by atoms with Gasteiger partial charge >= 0.3 is 0 Å². The van der Waals surface area contributed by atoms with Crippen molar-refractivity contribution in [2.45, 2.75) is 62.9 Å². The van der Waals surface area contributed by atoms with Gasteiger partial charge in [0.15, 0.2) is 0 Å². The molecule has 0 N–H and O–H groups in total. The highest BCUT2D eigenvalue weighted by Crippen LogP contribution is 2.33. The molecule has 202 valence electrons. The van der Waals surface area contributed by atoms with Crippen molar-refractivity contribution in [3.63, 3.8) is 0 Å². The van der Waals surface area contributed by atoms with E-state index in [1.54, 1.807) is 48.2 Å². The molecule has 2 saturated heterocycles. The van der Waals surface area contributed by atoms with Crippen LogP contribution in [0.5, 0.6) is 11.6 Å². The van der Waals surface area contributed by atoms with Crippen LogP contribution in [0.2, 0.25) is 0 Å². The minimum Gasteiger partial charge on any atom is -0.497 e. The average Bonchev–Trinajstić information content (AvgIpc) is 3.58. The predicted octanol–water partition coefficient (Wildman–Crippen LogP) is 3.34. The molecular weight excluding hydrogens is 504 g/mol. The summed E-state index contributed by atoms with van der Waals surface area (Å²) >= 11 is 0. The molecule has 0 radical (unpaired) electrons. The molecule has 1 unspecified atom stereocenters. The normalized spacial score (nSPS) is 20.1. The largest absolute Gasteiger partial charge is 0.497 e. The van der Waals surface area contributed by atoms with Gasteiger partial charge in [-0.1, -0.05) is 0 Å². The number of aromatic nitrogens is 4. The Morgan fingerprint density at radius 2 is 1.68 bits per heavy atom. The summed E-state index contributed by atoms with van der Waals surface area (Å²) in [6, 6.07) is 7.02. The Kier molecular flexibility index (Phi) is 7.75. The molecule has 2 fully saturated rings. The number of aryl methyl sites for hydroxylation is 2. The van der Waals surface area contributed by atoms with Crippen LogP contribution >= 0.6 is 0 Å². The second kappa shape index (κ2) is 11.2. The van der Waals surface area contributed by atoms with Crippen LogP contribution < -0.4 is 14.4 Å². The standard InChI is InChI=1S/C27H34N6O4S/c1-19-15-23(36-3)16-20(2)26(19)38(34,35)33-14-5-8-22(33)18-37-25-9-12-30-27(31-25)32-13-4-7-21(32)17-24-28-10-6-11-29-24/h6,9-12,15-16,21-22H,4-5,7-8,13-14,17-18H2,1-3H3/t21?,22-/m0/s1. The van der Waals surface area contributed by atoms with Crippen molar-refractivity contribution in [1.29, 1.82) is 0 Å². The van der Waals surface area contributed by atoms with Crippen LogP contribution in [0.25, 0.3) is 0 Å². The van der Waals surface area contributed by atoms with Gasteiger partial charge in [-0.3, -0.25) is 0 Å². The van der Waals surface area contributed by atoms with Gasteiger partial charge in [0.05, 0.1) is 18.0 Å². The summed E-state index contributed by atoms with van der Waals surface area (Å²) in [5, 5.41) is 0. The fourth-order valence-electron chi connectivity index (χ4n) is 5.53. The first-order valence-corrected chi connectivity index (χ1v) is 14.5. The number of ether oxygens (including phenoxy) is 2. The lowest BCUT2D eigenvalue weighted by molar-refractivity contribution is 0.225. The first-order valence-electron chi connectivity index (χ1n) is 13.0. The molecular formula is C27H34N6O4S. The van der Waals surface area contributed by atoms with Crippen LogP contribution in [0, 0.1) is 13.8 Å². The van der Waals surface area contributed by atoms with Gasteiger partial charge in [-0.2, -0.15) is 9.29 Å². The second-order valence-corrected chi connectivity index (χ2v) is 11.7. The zero-order valence-corrected chi connectivity index (χ0v) is 22.9. The maximum absolute atomic E-state index is 13.7. The van der Waals surface area contributed by atoms with Gasteiger partial charge in [-0.05, 0) is 68.9 Å². The van der Waals surface area contributed by atoms with Gasteiger partial charge in [0, 0.05) is 50.2 Å². The van der Waals surface area contributed by atoms with E-state index in [0.717, 1.165) is 44.5 Å². The van der Waals surface area contributed by atoms with E-state index in [1.807, 2.05) is 19.9 Å². The molecule has 2 atom stereocenters. The molecule has 0 saturated carbocycles. The van der Waals surface area contributed by atoms with Gasteiger partial charge in [0.25, 0.3) is 0 Å². The Morgan fingerprint density at radius 1 is 0.974 bits per heavy atom. The molecule has 38 heavy (non-hydrogen) atoms. The van der Waals surface area contributed by atoms with Crippen LogP contribution in [0.15, 0.2) is 47.8 Å². The first kappa shape index (κ1) is 26.3. The quantitative estimate of drug-likeness (QED) is 0.405. The topological polar surface area (TPSA) is 111 Å². The third-order valence-electron chi connectivity index (χ3n) is 7.27. The van der Waals surface area contributed by atoms with E-state index in [0.29, 0.717) is 40.1 Å². The van der Waals surface area contributed by atoms with E-state index in [1.165, 1.54) is 0 Å². The van der Waals surface area contributed by atoms with Crippen LogP contribution in [-0.4, -0.2) is 71.5 Å². The van der Waals surface area contributed by atoms with E-state index in [9.17, 15) is 8.42 Å². The first-order chi connectivity index (χ1) is 18.4. The highest BCUT2D eigenvalue weighted by atomic mass is 32.2. The minimum absolute atomic E-state index is 0.221. The smallest absolute Gasteiger partial charge is 0.243 e. The Morgan fingerprint density at radius 3 is 2.42 bits per heavy atom. The highest BCUT2D eigenvalue weighted by Gasteiger charge is 2.37. The van der Waals surface area contributed by atoms with Crippen LogP contribution in [0.4, 0.5) is 5.95 Å². The molecule has 0 bridgehead atoms. The third-order valence-corrected chi connectivity index (χ3v) is 9.53. The Bertz CT molecular complexity index is 1350. The molecule has 3 aromatic rings. The lowest BCUT2D eigenvalue weighted by Gasteiger charge is -2.26. The summed E-state index contributed by atoms with van der Waals surface area (Å²) in [6.45, 7) is 5.17. The fourth-order valence-corrected chi connectivity index (χ4v) is 7.63. The maximum Gasteiger partial charge on any atom is 0.243 e. The van der Waals surface area contributed by atoms with Crippen molar-refractivity contribution in [2.75, 3.05) is 31.7 Å². The van der Waals surface area contributed by atoms with E-state index < -0.39 is 10.0 Å². The Labute approximate surface area is 224 Å². The van der Waals surface area contributed by atoms with Crippen LogP contribution in [0.1, 0.15) is 42.6 Å². The summed E-state index contributed by atoms with van der Waals surface area (Å²) in [5.41, 5.74) is 1.35. The number of hydrogen-bond donors (Lipinski definition) is 0. The average molecular weight is 539 g/mol. The monoisotopic (exact) mass is 538 g/mol. The van der Waals surface area contributed by atoms with E-state index in [-0.39, 0.29) is 18.7 Å². The van der Waals surface area contributed by atoms with E-state index in [2.05, 4.69) is 24.8 Å². The van der Waals surface area contributed by atoms with Crippen LogP contribution in [0.3, 0.4) is 0 Å². The van der Waals surface area contributed by atoms with Crippen molar-refractivity contribution < 1.29 is 17.9 Å². The van der Waals surface area contributed by atoms with Gasteiger partial charge in [-0.15, -0.1) is 0 Å². The lowest BCUT2D eigenvalue weighted by atomic mass is 10.1. The number of anilines is 1. The molecule has 0 spiro atoms. The molecule has 5 rings (SSSR count). The molecule has 2 aromatic heterocycles. The summed E-state index contributed by atoms with van der Waals surface area (Å²) < 4.78 is 40.4. The number of sulfonamides is 1. The summed E-state index contributed by atoms with van der Waals surface area (Å²) in [5.74, 6) is 2.51. The molecule has 0 amide bonds. The Balaban J connectivity index is 1.28. The zero-order valence-electron chi connectivity index (χ0n) is 22.1. The van der Waals surface area contributed by atoms with Crippen molar-refractivity contribution in [3.8, 4) is 11.6 Å². The predicted molar refractivity (Wildman–Crippen MR) is 143 cm³/mol. The van der Waals surface area contributed by atoms with Crippen molar-refractivity contribution in [1.82, 2.24) is 24.2 Å². The highest BCUT2D eigenvalue weighted by molar-refractivity contribution is 7.89. The fraction of sp³-hybridized carbons (Fsp3) is 0.481. The Hall–Kier alpha value is -3.31. The number of hydrogen-bond acceptors (Lipinski definition) is 9. The number of methoxy groups -OCH3 is 1. The number of rotatable bonds is 9. The van der Waals surface area contributed by atoms with Gasteiger partial charge < -0.3 is 14.4 Å². The summed E-state index contributed by atoms with van der Waals surface area (Å²) in [6.07, 6.45) is 9.53. The summed E-state index contributed by atoms with van der Waals surface area (Å²) in [4.78, 5) is 20.4. The number of nitrogens with zero attached hydrogens (tertiary/aromatic N) is 6. The van der Waals surface area contributed by atoms with Gasteiger partial charge in [0.2, 0.25) is 21.9 Å². The zero-order chi connectivity index (χ0) is 26.7. The maximum atomic E-state index is 13.7. The molecule has 0 aliphatic carbocycles. The van der Waals surface area contributed by atoms with Crippen molar-refractivity contribution in [2.24, 2.45) is 0 Å². The van der Waals surface area contributed by atoms with Gasteiger partial charge in [0.1, 0.15) is 18.2 Å². The molecule has 10 nitrogen and oxygen atoms in total. The number of benzene rings is 1. The molecule has 2 aliphatic heterocycles. The summed E-state index contributed by atoms with van der Waals surface area (Å²) in [7, 11) is -2.11. The molecule has 11 heteroatoms. The van der Waals surface area contributed by atoms with Crippen LogP contribution in [-0.2, 0) is 16.4 Å². The lowest BCUT2D eigenvalue weighted by Crippen LogP contribution is -2.39. The third kappa shape index (κ3) is 5.44. The van der Waals surface area contributed by atoms with E-state index in [4.69, 9.17) is 9.47 Å².